The summed E-state index contributed by atoms with van der Waals surface area (Å²) in [6.45, 7) is 6.93. The van der Waals surface area contributed by atoms with E-state index in [1.165, 1.54) is 0 Å². The van der Waals surface area contributed by atoms with Crippen LogP contribution in [0.4, 0.5) is 11.6 Å². The number of rotatable bonds is 4. The van der Waals surface area contributed by atoms with Gasteiger partial charge in [0.05, 0.1) is 0 Å². The highest BCUT2D eigenvalue weighted by Gasteiger charge is 2.06. The van der Waals surface area contributed by atoms with Crippen LogP contribution in [0.5, 0.6) is 0 Å². The first-order valence-corrected chi connectivity index (χ1v) is 5.05. The van der Waals surface area contributed by atoms with Crippen molar-refractivity contribution in [2.24, 2.45) is 0 Å². The van der Waals surface area contributed by atoms with Gasteiger partial charge >= 0.3 is 0 Å². The molecule has 0 saturated heterocycles. The maximum Gasteiger partial charge on any atom is 0.134 e. The summed E-state index contributed by atoms with van der Waals surface area (Å²) in [7, 11) is 0. The molecule has 0 atom stereocenters. The highest BCUT2D eigenvalue weighted by molar-refractivity contribution is 5.54. The van der Waals surface area contributed by atoms with Crippen LogP contribution in [-0.4, -0.2) is 16.5 Å². The Morgan fingerprint density at radius 1 is 1.29 bits per heavy atom. The number of nitrogens with two attached hydrogens (primary N) is 1. The summed E-state index contributed by atoms with van der Waals surface area (Å²) in [5.74, 6) is 2.27. The Labute approximate surface area is 85.0 Å². The van der Waals surface area contributed by atoms with Gasteiger partial charge in [-0.05, 0) is 20.3 Å². The zero-order valence-electron chi connectivity index (χ0n) is 9.09. The standard InChI is InChI=1S/C10H18N4/c1-4-6-8-13-9(11)7(3)10(14-8)12-5-2/h4-6H2,1-3H3,(H3,11,12,13,14). The van der Waals surface area contributed by atoms with Gasteiger partial charge in [0, 0.05) is 18.5 Å². The molecule has 0 aliphatic heterocycles. The van der Waals surface area contributed by atoms with Crippen LogP contribution in [-0.2, 0) is 6.42 Å². The minimum absolute atomic E-state index is 0.583. The minimum atomic E-state index is 0.583. The van der Waals surface area contributed by atoms with Gasteiger partial charge in [0.25, 0.3) is 0 Å². The average Bonchev–Trinajstić information content (AvgIpc) is 2.14. The topological polar surface area (TPSA) is 63.8 Å². The van der Waals surface area contributed by atoms with E-state index < -0.39 is 0 Å². The Kier molecular flexibility index (Phi) is 3.68. The third-order valence-electron chi connectivity index (χ3n) is 2.05. The second-order valence-corrected chi connectivity index (χ2v) is 3.28. The average molecular weight is 194 g/mol. The highest BCUT2D eigenvalue weighted by Crippen LogP contribution is 2.17. The Morgan fingerprint density at radius 3 is 2.57 bits per heavy atom. The predicted molar refractivity (Wildman–Crippen MR) is 59.3 cm³/mol. The van der Waals surface area contributed by atoms with E-state index in [0.29, 0.717) is 5.82 Å². The summed E-state index contributed by atoms with van der Waals surface area (Å²) in [6.07, 6.45) is 1.91. The molecule has 1 aromatic rings. The van der Waals surface area contributed by atoms with Crippen LogP contribution in [0.2, 0.25) is 0 Å². The van der Waals surface area contributed by atoms with E-state index in [-0.39, 0.29) is 0 Å². The van der Waals surface area contributed by atoms with Crippen molar-refractivity contribution in [1.29, 1.82) is 0 Å². The van der Waals surface area contributed by atoms with E-state index in [1.54, 1.807) is 0 Å². The SMILES string of the molecule is CCCc1nc(N)c(C)c(NCC)n1. The fraction of sp³-hybridized carbons (Fsp3) is 0.600. The van der Waals surface area contributed by atoms with Crippen molar-refractivity contribution in [3.8, 4) is 0 Å². The van der Waals surface area contributed by atoms with Crippen LogP contribution in [0, 0.1) is 6.92 Å². The zero-order chi connectivity index (χ0) is 10.6. The van der Waals surface area contributed by atoms with Crippen molar-refractivity contribution >= 4 is 11.6 Å². The molecule has 0 fully saturated rings. The summed E-state index contributed by atoms with van der Waals surface area (Å²) < 4.78 is 0. The van der Waals surface area contributed by atoms with Gasteiger partial charge in [-0.1, -0.05) is 6.92 Å². The third kappa shape index (κ3) is 2.34. The molecule has 0 aromatic carbocycles. The summed E-state index contributed by atoms with van der Waals surface area (Å²) in [5.41, 5.74) is 6.73. The molecule has 4 nitrogen and oxygen atoms in total. The molecule has 1 heterocycles. The quantitative estimate of drug-likeness (QED) is 0.766. The molecule has 3 N–H and O–H groups in total. The normalized spacial score (nSPS) is 10.2. The van der Waals surface area contributed by atoms with Crippen LogP contribution in [0.25, 0.3) is 0 Å². The number of hydrogen-bond donors (Lipinski definition) is 2. The molecule has 0 spiro atoms. The Bertz CT molecular complexity index is 309. The first kappa shape index (κ1) is 10.8. The van der Waals surface area contributed by atoms with Gasteiger partial charge in [-0.3, -0.25) is 0 Å². The van der Waals surface area contributed by atoms with Gasteiger partial charge in [-0.15, -0.1) is 0 Å². The fourth-order valence-electron chi connectivity index (χ4n) is 1.26. The fourth-order valence-corrected chi connectivity index (χ4v) is 1.26. The number of aromatic nitrogens is 2. The van der Waals surface area contributed by atoms with E-state index in [4.69, 9.17) is 5.73 Å². The van der Waals surface area contributed by atoms with Gasteiger partial charge in [0.15, 0.2) is 0 Å². The molecular formula is C10H18N4. The monoisotopic (exact) mass is 194 g/mol. The number of hydrogen-bond acceptors (Lipinski definition) is 4. The molecule has 0 amide bonds. The lowest BCUT2D eigenvalue weighted by Crippen LogP contribution is -2.09. The maximum atomic E-state index is 5.79. The van der Waals surface area contributed by atoms with E-state index in [2.05, 4.69) is 22.2 Å². The number of anilines is 2. The van der Waals surface area contributed by atoms with Gasteiger partial charge < -0.3 is 11.1 Å². The molecule has 4 heteroatoms. The number of nitrogens with zero attached hydrogens (tertiary/aromatic N) is 2. The van der Waals surface area contributed by atoms with E-state index in [9.17, 15) is 0 Å². The molecule has 14 heavy (non-hydrogen) atoms. The largest absolute Gasteiger partial charge is 0.383 e. The van der Waals surface area contributed by atoms with Crippen molar-refractivity contribution < 1.29 is 0 Å². The van der Waals surface area contributed by atoms with Gasteiger partial charge in [0.1, 0.15) is 17.5 Å². The second-order valence-electron chi connectivity index (χ2n) is 3.28. The first-order chi connectivity index (χ1) is 6.69. The van der Waals surface area contributed by atoms with Crippen molar-refractivity contribution in [3.63, 3.8) is 0 Å². The highest BCUT2D eigenvalue weighted by atomic mass is 15.1. The lowest BCUT2D eigenvalue weighted by Gasteiger charge is -2.10. The van der Waals surface area contributed by atoms with Crippen LogP contribution in [0.15, 0.2) is 0 Å². The van der Waals surface area contributed by atoms with Gasteiger partial charge in [-0.2, -0.15) is 0 Å². The van der Waals surface area contributed by atoms with E-state index in [1.807, 2.05) is 13.8 Å². The lowest BCUT2D eigenvalue weighted by molar-refractivity contribution is 0.834. The number of nitrogen functional groups attached to an aromatic ring is 1. The maximum absolute atomic E-state index is 5.79. The molecule has 78 valence electrons. The minimum Gasteiger partial charge on any atom is -0.383 e. The zero-order valence-corrected chi connectivity index (χ0v) is 9.09. The smallest absolute Gasteiger partial charge is 0.134 e. The molecule has 0 unspecified atom stereocenters. The molecular weight excluding hydrogens is 176 g/mol. The second kappa shape index (κ2) is 4.79. The molecule has 1 aromatic heterocycles. The summed E-state index contributed by atoms with van der Waals surface area (Å²) >= 11 is 0. The molecule has 0 aliphatic carbocycles. The van der Waals surface area contributed by atoms with Crippen LogP contribution >= 0.6 is 0 Å². The Hall–Kier alpha value is -1.32. The summed E-state index contributed by atoms with van der Waals surface area (Å²) in [5, 5.41) is 3.18. The van der Waals surface area contributed by atoms with Gasteiger partial charge in [-0.25, -0.2) is 9.97 Å². The first-order valence-electron chi connectivity index (χ1n) is 5.05. The molecule has 0 aliphatic rings. The molecule has 0 saturated carbocycles. The number of nitrogens with one attached hydrogen (secondary N) is 1. The van der Waals surface area contributed by atoms with Crippen molar-refractivity contribution in [3.05, 3.63) is 11.4 Å². The van der Waals surface area contributed by atoms with Crippen LogP contribution in [0.3, 0.4) is 0 Å². The molecule has 1 rings (SSSR count). The van der Waals surface area contributed by atoms with E-state index in [0.717, 1.165) is 36.6 Å². The lowest BCUT2D eigenvalue weighted by atomic mass is 10.2. The van der Waals surface area contributed by atoms with Crippen molar-refractivity contribution in [1.82, 2.24) is 9.97 Å². The van der Waals surface area contributed by atoms with Gasteiger partial charge in [0.2, 0.25) is 0 Å². The van der Waals surface area contributed by atoms with Crippen LogP contribution < -0.4 is 11.1 Å². The van der Waals surface area contributed by atoms with Crippen molar-refractivity contribution in [2.75, 3.05) is 17.6 Å². The van der Waals surface area contributed by atoms with Crippen LogP contribution in [0.1, 0.15) is 31.7 Å². The van der Waals surface area contributed by atoms with E-state index >= 15 is 0 Å². The molecule has 0 bridgehead atoms. The van der Waals surface area contributed by atoms with Crippen molar-refractivity contribution in [2.45, 2.75) is 33.6 Å². The third-order valence-corrected chi connectivity index (χ3v) is 2.05. The Balaban J connectivity index is 3.01. The summed E-state index contributed by atoms with van der Waals surface area (Å²) in [6, 6.07) is 0. The predicted octanol–water partition coefficient (Wildman–Crippen LogP) is 1.75. The number of aryl methyl sites for hydroxylation is 1. The molecule has 0 radical (unpaired) electrons. The Morgan fingerprint density at radius 2 is 2.00 bits per heavy atom. The summed E-state index contributed by atoms with van der Waals surface area (Å²) in [4.78, 5) is 8.64.